The maximum absolute atomic E-state index is 4.24. The molecule has 0 spiro atoms. The molecule has 0 unspecified atom stereocenters. The quantitative estimate of drug-likeness (QED) is 0.733. The van der Waals surface area contributed by atoms with Crippen LogP contribution >= 0.6 is 11.3 Å². The maximum atomic E-state index is 4.24. The Morgan fingerprint density at radius 2 is 2.31 bits per heavy atom. The van der Waals surface area contributed by atoms with Gasteiger partial charge >= 0.3 is 0 Å². The summed E-state index contributed by atoms with van der Waals surface area (Å²) in [6.07, 6.45) is 5.71. The van der Waals surface area contributed by atoms with E-state index in [4.69, 9.17) is 0 Å². The van der Waals surface area contributed by atoms with Gasteiger partial charge in [0.15, 0.2) is 0 Å². The average Bonchev–Trinajstić information content (AvgIpc) is 2.75. The summed E-state index contributed by atoms with van der Waals surface area (Å²) in [5.74, 6) is 0.522. The van der Waals surface area contributed by atoms with Gasteiger partial charge in [0.25, 0.3) is 0 Å². The fraction of sp³-hybridized carbons (Fsp3) is 0.333. The van der Waals surface area contributed by atoms with Gasteiger partial charge in [-0.1, -0.05) is 13.8 Å². The van der Waals surface area contributed by atoms with Gasteiger partial charge in [-0.05, 0) is 11.5 Å². The lowest BCUT2D eigenvalue weighted by Crippen LogP contribution is -1.92. The first-order valence-electron chi connectivity index (χ1n) is 4.22. The van der Waals surface area contributed by atoms with E-state index in [1.807, 2.05) is 22.5 Å². The molecule has 2 aromatic heterocycles. The first kappa shape index (κ1) is 8.44. The second-order valence-electron chi connectivity index (χ2n) is 3.19. The Balaban J connectivity index is 2.33. The molecule has 0 atom stereocenters. The van der Waals surface area contributed by atoms with Crippen LogP contribution in [0.3, 0.4) is 0 Å². The highest BCUT2D eigenvalue weighted by Gasteiger charge is 2.04. The van der Waals surface area contributed by atoms with Crippen LogP contribution in [0.25, 0.3) is 5.13 Å². The highest BCUT2D eigenvalue weighted by atomic mass is 32.1. The number of hydrogen-bond acceptors (Lipinski definition) is 3. The van der Waals surface area contributed by atoms with E-state index in [1.54, 1.807) is 17.5 Å². The van der Waals surface area contributed by atoms with E-state index in [1.165, 1.54) is 5.56 Å². The largest absolute Gasteiger partial charge is 0.227 e. The maximum Gasteiger partial charge on any atom is 0.210 e. The number of aromatic nitrogens is 3. The average molecular weight is 193 g/mol. The summed E-state index contributed by atoms with van der Waals surface area (Å²) in [5.41, 5.74) is 1.25. The van der Waals surface area contributed by atoms with Gasteiger partial charge < -0.3 is 0 Å². The molecule has 0 fully saturated rings. The lowest BCUT2D eigenvalue weighted by Gasteiger charge is -1.96. The Labute approximate surface area is 81.1 Å². The summed E-state index contributed by atoms with van der Waals surface area (Å²) in [5, 5.41) is 7.12. The van der Waals surface area contributed by atoms with Crippen molar-refractivity contribution in [2.75, 3.05) is 0 Å². The predicted octanol–water partition coefficient (Wildman–Crippen LogP) is 2.45. The van der Waals surface area contributed by atoms with Gasteiger partial charge in [-0.25, -0.2) is 9.67 Å². The van der Waals surface area contributed by atoms with E-state index in [2.05, 4.69) is 23.9 Å². The minimum Gasteiger partial charge on any atom is -0.227 e. The zero-order chi connectivity index (χ0) is 9.26. The van der Waals surface area contributed by atoms with Gasteiger partial charge in [0.1, 0.15) is 0 Å². The van der Waals surface area contributed by atoms with Crippen molar-refractivity contribution in [1.29, 1.82) is 0 Å². The Morgan fingerprint density at radius 1 is 1.46 bits per heavy atom. The lowest BCUT2D eigenvalue weighted by molar-refractivity contribution is 0.854. The number of rotatable bonds is 2. The molecule has 0 bridgehead atoms. The molecule has 0 amide bonds. The van der Waals surface area contributed by atoms with E-state index in [9.17, 15) is 0 Å². The van der Waals surface area contributed by atoms with Crippen molar-refractivity contribution < 1.29 is 0 Å². The smallest absolute Gasteiger partial charge is 0.210 e. The molecule has 0 aliphatic heterocycles. The van der Waals surface area contributed by atoms with Crippen molar-refractivity contribution in [2.45, 2.75) is 19.8 Å². The van der Waals surface area contributed by atoms with Crippen LogP contribution in [-0.2, 0) is 0 Å². The van der Waals surface area contributed by atoms with Crippen LogP contribution in [-0.4, -0.2) is 14.8 Å². The fourth-order valence-electron chi connectivity index (χ4n) is 1.07. The molecule has 0 N–H and O–H groups in total. The van der Waals surface area contributed by atoms with Gasteiger partial charge in [0, 0.05) is 17.8 Å². The molecule has 13 heavy (non-hydrogen) atoms. The topological polar surface area (TPSA) is 30.7 Å². The third kappa shape index (κ3) is 1.62. The van der Waals surface area contributed by atoms with Crippen LogP contribution in [0.4, 0.5) is 0 Å². The molecule has 4 heteroatoms. The number of hydrogen-bond donors (Lipinski definition) is 0. The van der Waals surface area contributed by atoms with Gasteiger partial charge in [0.2, 0.25) is 5.13 Å². The minimum absolute atomic E-state index is 0.522. The zero-order valence-corrected chi connectivity index (χ0v) is 8.45. The standard InChI is InChI=1S/C9H11N3S/c1-7(2)8-5-11-12(6-8)9-10-3-4-13-9/h3-7H,1-2H3. The molecule has 2 rings (SSSR count). The SMILES string of the molecule is CC(C)c1cnn(-c2nccs2)c1. The van der Waals surface area contributed by atoms with Crippen LogP contribution in [0.15, 0.2) is 24.0 Å². The third-order valence-electron chi connectivity index (χ3n) is 1.88. The van der Waals surface area contributed by atoms with Crippen molar-refractivity contribution in [1.82, 2.24) is 14.8 Å². The number of thiazole rings is 1. The lowest BCUT2D eigenvalue weighted by atomic mass is 10.1. The number of nitrogens with zero attached hydrogens (tertiary/aromatic N) is 3. The summed E-state index contributed by atoms with van der Waals surface area (Å²) in [6.45, 7) is 4.31. The van der Waals surface area contributed by atoms with Crippen LogP contribution in [0.1, 0.15) is 25.3 Å². The second kappa shape index (κ2) is 3.30. The second-order valence-corrected chi connectivity index (χ2v) is 4.06. The van der Waals surface area contributed by atoms with Crippen LogP contribution in [0, 0.1) is 0 Å². The van der Waals surface area contributed by atoms with Crippen LogP contribution in [0.5, 0.6) is 0 Å². The van der Waals surface area contributed by atoms with E-state index in [0.717, 1.165) is 5.13 Å². The predicted molar refractivity (Wildman–Crippen MR) is 53.3 cm³/mol. The summed E-state index contributed by atoms with van der Waals surface area (Å²) >= 11 is 1.59. The molecule has 0 aliphatic carbocycles. The van der Waals surface area contributed by atoms with Crippen molar-refractivity contribution in [2.24, 2.45) is 0 Å². The van der Waals surface area contributed by atoms with Crippen LogP contribution in [0.2, 0.25) is 0 Å². The fourth-order valence-corrected chi connectivity index (χ4v) is 1.64. The molecular weight excluding hydrogens is 182 g/mol. The first-order valence-corrected chi connectivity index (χ1v) is 5.10. The van der Waals surface area contributed by atoms with Crippen molar-refractivity contribution in [3.63, 3.8) is 0 Å². The summed E-state index contributed by atoms with van der Waals surface area (Å²) in [6, 6.07) is 0. The molecule has 68 valence electrons. The van der Waals surface area contributed by atoms with Gasteiger partial charge in [-0.3, -0.25) is 0 Å². The Bertz CT molecular complexity index is 375. The van der Waals surface area contributed by atoms with E-state index in [-0.39, 0.29) is 0 Å². The van der Waals surface area contributed by atoms with Crippen molar-refractivity contribution >= 4 is 11.3 Å². The van der Waals surface area contributed by atoms with E-state index >= 15 is 0 Å². The molecule has 0 saturated carbocycles. The Kier molecular flexibility index (Phi) is 2.14. The molecule has 3 nitrogen and oxygen atoms in total. The highest BCUT2D eigenvalue weighted by molar-refractivity contribution is 7.12. The molecule has 0 aromatic carbocycles. The van der Waals surface area contributed by atoms with Crippen molar-refractivity contribution in [3.8, 4) is 5.13 Å². The molecular formula is C9H11N3S. The monoisotopic (exact) mass is 193 g/mol. The normalized spacial score (nSPS) is 11.0. The third-order valence-corrected chi connectivity index (χ3v) is 2.65. The first-order chi connectivity index (χ1) is 6.27. The van der Waals surface area contributed by atoms with E-state index < -0.39 is 0 Å². The van der Waals surface area contributed by atoms with E-state index in [0.29, 0.717) is 5.92 Å². The summed E-state index contributed by atoms with van der Waals surface area (Å²) in [4.78, 5) is 4.18. The molecule has 0 saturated heterocycles. The summed E-state index contributed by atoms with van der Waals surface area (Å²) < 4.78 is 1.82. The van der Waals surface area contributed by atoms with Crippen LogP contribution < -0.4 is 0 Å². The van der Waals surface area contributed by atoms with Crippen molar-refractivity contribution in [3.05, 3.63) is 29.5 Å². The Hall–Kier alpha value is -1.16. The minimum atomic E-state index is 0.522. The zero-order valence-electron chi connectivity index (χ0n) is 7.64. The van der Waals surface area contributed by atoms with Gasteiger partial charge in [-0.2, -0.15) is 5.10 Å². The molecule has 2 aromatic rings. The summed E-state index contributed by atoms with van der Waals surface area (Å²) in [7, 11) is 0. The molecule has 0 aliphatic rings. The molecule has 2 heterocycles. The highest BCUT2D eigenvalue weighted by Crippen LogP contribution is 2.16. The van der Waals surface area contributed by atoms with Gasteiger partial charge in [-0.15, -0.1) is 11.3 Å². The molecule has 0 radical (unpaired) electrons. The Morgan fingerprint density at radius 3 is 2.85 bits per heavy atom. The van der Waals surface area contributed by atoms with Gasteiger partial charge in [0.05, 0.1) is 6.20 Å².